The van der Waals surface area contributed by atoms with Crippen LogP contribution in [0.5, 0.6) is 5.75 Å². The monoisotopic (exact) mass is 323 g/mol. The Morgan fingerprint density at radius 3 is 2.50 bits per heavy atom. The SMILES string of the molecule is C[C@@H](c1cc([N+](=O)[O-])ccc1O)N1CCNCC1.Cl.Cl. The minimum atomic E-state index is -0.437. The van der Waals surface area contributed by atoms with Crippen LogP contribution >= 0.6 is 24.8 Å². The Bertz CT molecular complexity index is 454. The molecule has 1 aromatic rings. The van der Waals surface area contributed by atoms with Crippen LogP contribution < -0.4 is 5.32 Å². The second-order valence-corrected chi connectivity index (χ2v) is 4.46. The van der Waals surface area contributed by atoms with Crippen LogP contribution in [0.15, 0.2) is 18.2 Å². The van der Waals surface area contributed by atoms with Crippen molar-refractivity contribution in [2.45, 2.75) is 13.0 Å². The second-order valence-electron chi connectivity index (χ2n) is 4.46. The van der Waals surface area contributed by atoms with Gasteiger partial charge in [-0.25, -0.2) is 0 Å². The normalized spacial score (nSPS) is 16.6. The van der Waals surface area contributed by atoms with Gasteiger partial charge in [-0.05, 0) is 13.0 Å². The zero-order chi connectivity index (χ0) is 13.1. The number of nitrogens with zero attached hydrogens (tertiary/aromatic N) is 2. The van der Waals surface area contributed by atoms with Crippen molar-refractivity contribution >= 4 is 30.5 Å². The summed E-state index contributed by atoms with van der Waals surface area (Å²) in [5.74, 6) is 0.117. The second kappa shape index (κ2) is 8.26. The van der Waals surface area contributed by atoms with E-state index in [9.17, 15) is 15.2 Å². The topological polar surface area (TPSA) is 78.6 Å². The van der Waals surface area contributed by atoms with Crippen molar-refractivity contribution in [3.8, 4) is 5.75 Å². The lowest BCUT2D eigenvalue weighted by Gasteiger charge is -2.33. The fraction of sp³-hybridized carbons (Fsp3) is 0.500. The maximum Gasteiger partial charge on any atom is 0.270 e. The molecule has 114 valence electrons. The lowest BCUT2D eigenvalue weighted by molar-refractivity contribution is -0.385. The lowest BCUT2D eigenvalue weighted by atomic mass is 10.0. The van der Waals surface area contributed by atoms with Gasteiger partial charge in [0.1, 0.15) is 5.75 Å². The van der Waals surface area contributed by atoms with Crippen molar-refractivity contribution in [1.82, 2.24) is 10.2 Å². The summed E-state index contributed by atoms with van der Waals surface area (Å²) in [5.41, 5.74) is 0.635. The first-order valence-electron chi connectivity index (χ1n) is 6.01. The summed E-state index contributed by atoms with van der Waals surface area (Å²) in [6, 6.07) is 4.16. The van der Waals surface area contributed by atoms with Gasteiger partial charge in [-0.1, -0.05) is 0 Å². The number of nitro groups is 1. The quantitative estimate of drug-likeness (QED) is 0.658. The zero-order valence-corrected chi connectivity index (χ0v) is 12.7. The van der Waals surface area contributed by atoms with Gasteiger partial charge in [0.25, 0.3) is 5.69 Å². The largest absolute Gasteiger partial charge is 0.508 e. The molecular formula is C12H19Cl2N3O3. The summed E-state index contributed by atoms with van der Waals surface area (Å²) < 4.78 is 0. The molecule has 20 heavy (non-hydrogen) atoms. The van der Waals surface area contributed by atoms with Crippen molar-refractivity contribution in [3.63, 3.8) is 0 Å². The number of rotatable bonds is 3. The molecule has 2 N–H and O–H groups in total. The van der Waals surface area contributed by atoms with Crippen molar-refractivity contribution in [2.24, 2.45) is 0 Å². The van der Waals surface area contributed by atoms with Crippen molar-refractivity contribution in [1.29, 1.82) is 0 Å². The fourth-order valence-electron chi connectivity index (χ4n) is 2.26. The third-order valence-electron chi connectivity index (χ3n) is 3.37. The van der Waals surface area contributed by atoms with Crippen LogP contribution in [0.1, 0.15) is 18.5 Å². The number of hydrogen-bond acceptors (Lipinski definition) is 5. The number of non-ortho nitro benzene ring substituents is 1. The number of hydrogen-bond donors (Lipinski definition) is 2. The minimum Gasteiger partial charge on any atom is -0.508 e. The molecule has 0 unspecified atom stereocenters. The molecule has 1 aromatic carbocycles. The Morgan fingerprint density at radius 1 is 1.35 bits per heavy atom. The number of phenolic OH excluding ortho intramolecular Hbond substituents is 1. The Labute approximate surface area is 130 Å². The molecule has 0 spiro atoms. The minimum absolute atomic E-state index is 0. The first-order chi connectivity index (χ1) is 8.59. The lowest BCUT2D eigenvalue weighted by Crippen LogP contribution is -2.44. The molecule has 0 amide bonds. The Hall–Kier alpha value is -1.08. The highest BCUT2D eigenvalue weighted by atomic mass is 35.5. The van der Waals surface area contributed by atoms with E-state index in [0.717, 1.165) is 26.2 Å². The van der Waals surface area contributed by atoms with E-state index in [4.69, 9.17) is 0 Å². The number of nitrogens with one attached hydrogen (secondary N) is 1. The molecule has 0 aliphatic carbocycles. The van der Waals surface area contributed by atoms with Crippen LogP contribution in [0, 0.1) is 10.1 Å². The summed E-state index contributed by atoms with van der Waals surface area (Å²) in [6.07, 6.45) is 0. The van der Waals surface area contributed by atoms with Gasteiger partial charge in [-0.2, -0.15) is 0 Å². The van der Waals surface area contributed by atoms with Gasteiger partial charge in [-0.15, -0.1) is 24.8 Å². The van der Waals surface area contributed by atoms with Crippen LogP contribution in [0.25, 0.3) is 0 Å². The fourth-order valence-corrected chi connectivity index (χ4v) is 2.26. The van der Waals surface area contributed by atoms with Gasteiger partial charge in [0.05, 0.1) is 4.92 Å². The van der Waals surface area contributed by atoms with E-state index in [0.29, 0.717) is 5.56 Å². The summed E-state index contributed by atoms with van der Waals surface area (Å²) in [4.78, 5) is 12.5. The zero-order valence-electron chi connectivity index (χ0n) is 11.1. The summed E-state index contributed by atoms with van der Waals surface area (Å²) in [6.45, 7) is 5.52. The molecule has 1 heterocycles. The number of halogens is 2. The van der Waals surface area contributed by atoms with Gasteiger partial charge in [0, 0.05) is 49.9 Å². The van der Waals surface area contributed by atoms with Crippen LogP contribution in [-0.2, 0) is 0 Å². The van der Waals surface area contributed by atoms with E-state index < -0.39 is 4.92 Å². The van der Waals surface area contributed by atoms with E-state index in [2.05, 4.69) is 10.2 Å². The van der Waals surface area contributed by atoms with E-state index >= 15 is 0 Å². The van der Waals surface area contributed by atoms with Gasteiger partial charge >= 0.3 is 0 Å². The molecule has 8 heteroatoms. The number of piperazine rings is 1. The van der Waals surface area contributed by atoms with Gasteiger partial charge in [0.15, 0.2) is 0 Å². The molecule has 0 bridgehead atoms. The van der Waals surface area contributed by atoms with Gasteiger partial charge in [-0.3, -0.25) is 15.0 Å². The number of aromatic hydroxyl groups is 1. The third kappa shape index (κ3) is 4.21. The molecule has 0 aromatic heterocycles. The van der Waals surface area contributed by atoms with Crippen molar-refractivity contribution in [3.05, 3.63) is 33.9 Å². The van der Waals surface area contributed by atoms with Crippen LogP contribution in [0.3, 0.4) is 0 Å². The molecular weight excluding hydrogens is 305 g/mol. The first-order valence-corrected chi connectivity index (χ1v) is 6.01. The molecule has 1 atom stereocenters. The van der Waals surface area contributed by atoms with E-state index in [1.165, 1.54) is 18.2 Å². The van der Waals surface area contributed by atoms with E-state index in [1.807, 2.05) is 6.92 Å². The van der Waals surface area contributed by atoms with E-state index in [-0.39, 0.29) is 42.3 Å². The molecule has 1 fully saturated rings. The molecule has 6 nitrogen and oxygen atoms in total. The molecule has 1 aliphatic rings. The highest BCUT2D eigenvalue weighted by molar-refractivity contribution is 5.85. The van der Waals surface area contributed by atoms with Crippen molar-refractivity contribution < 1.29 is 10.0 Å². The molecule has 0 radical (unpaired) electrons. The first kappa shape index (κ1) is 18.9. The maximum atomic E-state index is 10.8. The van der Waals surface area contributed by atoms with Crippen LogP contribution in [-0.4, -0.2) is 41.1 Å². The Balaban J connectivity index is 0.00000180. The third-order valence-corrected chi connectivity index (χ3v) is 3.37. The van der Waals surface area contributed by atoms with Crippen LogP contribution in [0.4, 0.5) is 5.69 Å². The maximum absolute atomic E-state index is 10.8. The van der Waals surface area contributed by atoms with E-state index in [1.54, 1.807) is 0 Å². The number of phenols is 1. The smallest absolute Gasteiger partial charge is 0.270 e. The number of benzene rings is 1. The Kier molecular flexibility index (Phi) is 7.82. The van der Waals surface area contributed by atoms with Crippen molar-refractivity contribution in [2.75, 3.05) is 26.2 Å². The predicted octanol–water partition coefficient (Wildman–Crippen LogP) is 2.11. The highest BCUT2D eigenvalue weighted by Crippen LogP contribution is 2.31. The predicted molar refractivity (Wildman–Crippen MR) is 82.1 cm³/mol. The molecule has 1 aliphatic heterocycles. The van der Waals surface area contributed by atoms with Gasteiger partial charge < -0.3 is 10.4 Å². The summed E-state index contributed by atoms with van der Waals surface area (Å²) in [5, 5.41) is 23.9. The summed E-state index contributed by atoms with van der Waals surface area (Å²) in [7, 11) is 0. The summed E-state index contributed by atoms with van der Waals surface area (Å²) >= 11 is 0. The number of nitro benzene ring substituents is 1. The van der Waals surface area contributed by atoms with Gasteiger partial charge in [0.2, 0.25) is 0 Å². The average molecular weight is 324 g/mol. The average Bonchev–Trinajstić information content (AvgIpc) is 2.39. The molecule has 2 rings (SSSR count). The van der Waals surface area contributed by atoms with Crippen LogP contribution in [0.2, 0.25) is 0 Å². The molecule has 0 saturated carbocycles. The highest BCUT2D eigenvalue weighted by Gasteiger charge is 2.22. The molecule has 1 saturated heterocycles. The standard InChI is InChI=1S/C12H17N3O3.2ClH/c1-9(14-6-4-13-5-7-14)11-8-10(15(17)18)2-3-12(11)16;;/h2-3,8-9,13,16H,4-7H2,1H3;2*1H/t9-;;/m0../s1. The Morgan fingerprint density at radius 2 is 1.95 bits per heavy atom.